The second-order valence-corrected chi connectivity index (χ2v) is 8.91. The number of nitrogens with one attached hydrogen (secondary N) is 1. The molecular formula is C25H24FNO4S. The van der Waals surface area contributed by atoms with E-state index in [1.165, 1.54) is 19.2 Å². The number of methoxy groups -OCH3 is 1. The van der Waals surface area contributed by atoms with Crippen LogP contribution in [0, 0.1) is 5.82 Å². The Bertz CT molecular complexity index is 1120. The van der Waals surface area contributed by atoms with Crippen LogP contribution in [-0.4, -0.2) is 25.6 Å². The smallest absolute Gasteiger partial charge is 0.337 e. The van der Waals surface area contributed by atoms with Gasteiger partial charge in [0.15, 0.2) is 0 Å². The van der Waals surface area contributed by atoms with Gasteiger partial charge in [0.05, 0.1) is 37.5 Å². The number of ether oxygens (including phenoxy) is 2. The highest BCUT2D eigenvalue weighted by atomic mass is 32.1. The van der Waals surface area contributed by atoms with E-state index in [1.54, 1.807) is 35.6 Å². The Morgan fingerprint density at radius 3 is 2.56 bits per heavy atom. The first-order valence-electron chi connectivity index (χ1n) is 10.4. The van der Waals surface area contributed by atoms with Crippen LogP contribution in [0.3, 0.4) is 0 Å². The van der Waals surface area contributed by atoms with E-state index in [0.29, 0.717) is 37.2 Å². The maximum Gasteiger partial charge on any atom is 0.337 e. The Balaban J connectivity index is 1.57. The van der Waals surface area contributed by atoms with Crippen molar-refractivity contribution in [3.63, 3.8) is 0 Å². The molecule has 32 heavy (non-hydrogen) atoms. The second kappa shape index (κ2) is 9.63. The van der Waals surface area contributed by atoms with Crippen molar-refractivity contribution in [2.24, 2.45) is 0 Å². The molecule has 0 bridgehead atoms. The van der Waals surface area contributed by atoms with E-state index in [4.69, 9.17) is 9.47 Å². The largest absolute Gasteiger partial charge is 0.465 e. The lowest BCUT2D eigenvalue weighted by molar-refractivity contribution is 0.0600. The zero-order chi connectivity index (χ0) is 22.7. The van der Waals surface area contributed by atoms with Crippen LogP contribution in [0.2, 0.25) is 0 Å². The van der Waals surface area contributed by atoms with E-state index in [1.807, 2.05) is 19.1 Å². The number of amides is 1. The van der Waals surface area contributed by atoms with Crippen LogP contribution in [0.15, 0.2) is 48.5 Å². The molecule has 3 aromatic rings. The Labute approximate surface area is 190 Å². The molecule has 1 aliphatic rings. The molecule has 0 saturated carbocycles. The molecule has 0 radical (unpaired) electrons. The fourth-order valence-electron chi connectivity index (χ4n) is 3.84. The summed E-state index contributed by atoms with van der Waals surface area (Å²) >= 11 is 1.59. The first kappa shape index (κ1) is 22.2. The van der Waals surface area contributed by atoms with Gasteiger partial charge in [-0.1, -0.05) is 24.3 Å². The highest BCUT2D eigenvalue weighted by Crippen LogP contribution is 2.34. The third-order valence-corrected chi connectivity index (χ3v) is 6.78. The minimum Gasteiger partial charge on any atom is -0.465 e. The van der Waals surface area contributed by atoms with Gasteiger partial charge in [-0.3, -0.25) is 4.79 Å². The number of carbonyl (C=O) groups is 2. The van der Waals surface area contributed by atoms with Crippen LogP contribution in [-0.2, 0) is 28.9 Å². The number of benzene rings is 2. The van der Waals surface area contributed by atoms with E-state index in [2.05, 4.69) is 5.32 Å². The Kier molecular flexibility index (Phi) is 6.67. The highest BCUT2D eigenvalue weighted by Gasteiger charge is 2.26. The molecule has 4 rings (SSSR count). The van der Waals surface area contributed by atoms with Gasteiger partial charge >= 0.3 is 5.97 Å². The Morgan fingerprint density at radius 2 is 1.88 bits per heavy atom. The van der Waals surface area contributed by atoms with Crippen molar-refractivity contribution in [1.29, 1.82) is 0 Å². The number of thiophene rings is 1. The number of halogens is 1. The Hall–Kier alpha value is -3.03. The predicted molar refractivity (Wildman–Crippen MR) is 121 cm³/mol. The van der Waals surface area contributed by atoms with Crippen molar-refractivity contribution in [1.82, 2.24) is 5.32 Å². The van der Waals surface area contributed by atoms with Crippen LogP contribution >= 0.6 is 11.3 Å². The van der Waals surface area contributed by atoms with Gasteiger partial charge in [0.2, 0.25) is 0 Å². The van der Waals surface area contributed by atoms with Gasteiger partial charge in [-0.25, -0.2) is 9.18 Å². The number of hydrogen-bond acceptors (Lipinski definition) is 5. The van der Waals surface area contributed by atoms with Crippen LogP contribution in [0.1, 0.15) is 60.1 Å². The number of fused-ring (bicyclic) bond motifs is 1. The number of carbonyl (C=O) groups excluding carboxylic acids is 2. The fraction of sp³-hybridized carbons (Fsp3) is 0.280. The van der Waals surface area contributed by atoms with Crippen LogP contribution < -0.4 is 5.32 Å². The first-order chi connectivity index (χ1) is 15.5. The third-order valence-electron chi connectivity index (χ3n) is 5.58. The van der Waals surface area contributed by atoms with Crippen molar-refractivity contribution in [3.8, 4) is 0 Å². The highest BCUT2D eigenvalue weighted by molar-refractivity contribution is 7.12. The fourth-order valence-corrected chi connectivity index (χ4v) is 5.17. The van der Waals surface area contributed by atoms with Gasteiger partial charge in [-0.2, -0.15) is 0 Å². The van der Waals surface area contributed by atoms with Crippen molar-refractivity contribution in [2.75, 3.05) is 13.7 Å². The summed E-state index contributed by atoms with van der Waals surface area (Å²) in [5.74, 6) is -0.811. The van der Waals surface area contributed by atoms with Gasteiger partial charge in [0.25, 0.3) is 5.91 Å². The summed E-state index contributed by atoms with van der Waals surface area (Å²) in [6.45, 7) is 3.01. The van der Waals surface area contributed by atoms with Crippen molar-refractivity contribution in [3.05, 3.63) is 91.9 Å². The molecule has 166 valence electrons. The predicted octanol–water partition coefficient (Wildman–Crippen LogP) is 4.83. The molecule has 1 aromatic heterocycles. The summed E-state index contributed by atoms with van der Waals surface area (Å²) in [6.07, 6.45) is 1.25. The van der Waals surface area contributed by atoms with Gasteiger partial charge in [-0.05, 0) is 54.3 Å². The van der Waals surface area contributed by atoms with Crippen LogP contribution in [0.25, 0.3) is 0 Å². The van der Waals surface area contributed by atoms with Crippen molar-refractivity contribution >= 4 is 23.2 Å². The van der Waals surface area contributed by atoms with Crippen LogP contribution in [0.4, 0.5) is 4.39 Å². The molecule has 0 aliphatic carbocycles. The minimum absolute atomic E-state index is 0.133. The maximum absolute atomic E-state index is 13.4. The van der Waals surface area contributed by atoms with Gasteiger partial charge < -0.3 is 14.8 Å². The first-order valence-corrected chi connectivity index (χ1v) is 11.2. The topological polar surface area (TPSA) is 64.6 Å². The molecule has 1 atom stereocenters. The molecule has 1 amide bonds. The van der Waals surface area contributed by atoms with E-state index >= 15 is 0 Å². The standard InChI is InChI=1S/C25H24FNO4S/c1-15(17-5-7-18(8-6-17)25(29)30-2)27-24(28)23-20-11-12-31-14-22(20)32-21(23)13-16-3-9-19(26)10-4-16/h3-10,15H,11-14H2,1-2H3,(H,27,28)/t15-/m0/s1. The summed E-state index contributed by atoms with van der Waals surface area (Å²) in [5.41, 5.74) is 4.05. The molecule has 2 heterocycles. The Morgan fingerprint density at radius 1 is 1.16 bits per heavy atom. The molecule has 7 heteroatoms. The lowest BCUT2D eigenvalue weighted by atomic mass is 9.99. The quantitative estimate of drug-likeness (QED) is 0.543. The van der Waals surface area contributed by atoms with E-state index < -0.39 is 5.97 Å². The molecule has 1 N–H and O–H groups in total. The molecule has 0 unspecified atom stereocenters. The summed E-state index contributed by atoms with van der Waals surface area (Å²) in [5, 5.41) is 3.10. The molecular weight excluding hydrogens is 429 g/mol. The monoisotopic (exact) mass is 453 g/mol. The van der Waals surface area contributed by atoms with Crippen LogP contribution in [0.5, 0.6) is 0 Å². The van der Waals surface area contributed by atoms with E-state index in [-0.39, 0.29) is 17.8 Å². The van der Waals surface area contributed by atoms with Crippen molar-refractivity contribution < 1.29 is 23.5 Å². The normalized spacial score (nSPS) is 13.8. The summed E-state index contributed by atoms with van der Waals surface area (Å²) < 4.78 is 23.6. The van der Waals surface area contributed by atoms with Gasteiger partial charge in [0, 0.05) is 16.2 Å². The summed E-state index contributed by atoms with van der Waals surface area (Å²) in [7, 11) is 1.34. The zero-order valence-electron chi connectivity index (χ0n) is 17.9. The third kappa shape index (κ3) is 4.74. The second-order valence-electron chi connectivity index (χ2n) is 7.72. The number of hydrogen-bond donors (Lipinski definition) is 1. The molecule has 1 aliphatic heterocycles. The SMILES string of the molecule is COC(=O)c1ccc([C@H](C)NC(=O)c2c(Cc3ccc(F)cc3)sc3c2CCOC3)cc1. The molecule has 2 aromatic carbocycles. The van der Waals surface area contributed by atoms with Crippen molar-refractivity contribution in [2.45, 2.75) is 32.4 Å². The molecule has 0 spiro atoms. The number of esters is 1. The van der Waals surface area contributed by atoms with E-state index in [9.17, 15) is 14.0 Å². The molecule has 0 fully saturated rings. The molecule has 5 nitrogen and oxygen atoms in total. The summed E-state index contributed by atoms with van der Waals surface area (Å²) in [6, 6.07) is 13.1. The summed E-state index contributed by atoms with van der Waals surface area (Å²) in [4.78, 5) is 27.1. The lowest BCUT2D eigenvalue weighted by Crippen LogP contribution is -2.28. The average Bonchev–Trinajstić information content (AvgIpc) is 3.18. The maximum atomic E-state index is 13.4. The number of rotatable bonds is 6. The van der Waals surface area contributed by atoms with Gasteiger partial charge in [-0.15, -0.1) is 11.3 Å². The van der Waals surface area contributed by atoms with E-state index in [0.717, 1.165) is 26.4 Å². The minimum atomic E-state index is -0.397. The average molecular weight is 454 g/mol. The molecule has 0 saturated heterocycles. The lowest BCUT2D eigenvalue weighted by Gasteiger charge is -2.18. The van der Waals surface area contributed by atoms with Gasteiger partial charge in [0.1, 0.15) is 5.82 Å². The zero-order valence-corrected chi connectivity index (χ0v) is 18.8.